The van der Waals surface area contributed by atoms with Gasteiger partial charge in [0.05, 0.1) is 6.54 Å². The van der Waals surface area contributed by atoms with Crippen molar-refractivity contribution in [3.8, 4) is 0 Å². The van der Waals surface area contributed by atoms with Gasteiger partial charge in [0.1, 0.15) is 5.02 Å². The molecule has 2 heterocycles. The largest absolute Gasteiger partial charge is 0.381 e. The Balaban J connectivity index is 2.18. The Hall–Kier alpha value is -0.520. The molecule has 0 saturated carbocycles. The maximum atomic E-state index is 5.79. The molecule has 2 aromatic heterocycles. The number of nitrogens with zero attached hydrogens (tertiary/aromatic N) is 2. The Morgan fingerprint density at radius 3 is 2.93 bits per heavy atom. The summed E-state index contributed by atoms with van der Waals surface area (Å²) in [7, 11) is 0. The van der Waals surface area contributed by atoms with Crippen LogP contribution in [0.25, 0.3) is 0 Å². The van der Waals surface area contributed by atoms with Crippen LogP contribution in [-0.4, -0.2) is 9.78 Å². The zero-order valence-corrected chi connectivity index (χ0v) is 10.2. The number of nitrogens with two attached hydrogens (primary N) is 1. The standard InChI is InChI=1S/C8H7BrClN3S/c9-5-1-6(14-4-5)2-13-3-7(10)8(11)12-13/h1,3-4H,2H2,(H2,11,12). The molecule has 0 aliphatic heterocycles. The fraction of sp³-hybridized carbons (Fsp3) is 0.125. The number of thiophene rings is 1. The van der Waals surface area contributed by atoms with Gasteiger partial charge >= 0.3 is 0 Å². The summed E-state index contributed by atoms with van der Waals surface area (Å²) in [6.45, 7) is 0.702. The van der Waals surface area contributed by atoms with Gasteiger partial charge in [-0.1, -0.05) is 11.6 Å². The van der Waals surface area contributed by atoms with Crippen molar-refractivity contribution in [1.82, 2.24) is 9.78 Å². The molecule has 2 aromatic rings. The molecule has 6 heteroatoms. The van der Waals surface area contributed by atoms with E-state index in [1.54, 1.807) is 22.2 Å². The molecular weight excluding hydrogens is 286 g/mol. The second kappa shape index (κ2) is 3.92. The number of rotatable bonds is 2. The summed E-state index contributed by atoms with van der Waals surface area (Å²) in [5.74, 6) is 0.377. The summed E-state index contributed by atoms with van der Waals surface area (Å²) < 4.78 is 2.82. The van der Waals surface area contributed by atoms with Gasteiger partial charge in [-0.15, -0.1) is 11.3 Å². The van der Waals surface area contributed by atoms with Gasteiger partial charge in [0.25, 0.3) is 0 Å². The first-order valence-corrected chi connectivity index (χ1v) is 5.91. The average molecular weight is 293 g/mol. The lowest BCUT2D eigenvalue weighted by molar-refractivity contribution is 0.698. The number of hydrogen-bond donors (Lipinski definition) is 1. The smallest absolute Gasteiger partial charge is 0.164 e. The van der Waals surface area contributed by atoms with E-state index >= 15 is 0 Å². The maximum Gasteiger partial charge on any atom is 0.164 e. The van der Waals surface area contributed by atoms with Crippen LogP contribution in [0.5, 0.6) is 0 Å². The van der Waals surface area contributed by atoms with E-state index in [1.807, 2.05) is 5.38 Å². The fourth-order valence-corrected chi connectivity index (χ4v) is 2.68. The molecule has 2 N–H and O–H groups in total. The lowest BCUT2D eigenvalue weighted by atomic mass is 10.5. The molecule has 0 aliphatic carbocycles. The van der Waals surface area contributed by atoms with Crippen molar-refractivity contribution in [3.63, 3.8) is 0 Å². The molecule has 74 valence electrons. The fourth-order valence-electron chi connectivity index (χ4n) is 1.09. The van der Waals surface area contributed by atoms with Gasteiger partial charge in [0.2, 0.25) is 0 Å². The number of halogens is 2. The molecule has 2 rings (SSSR count). The van der Waals surface area contributed by atoms with E-state index in [0.29, 0.717) is 17.4 Å². The molecule has 0 aromatic carbocycles. The summed E-state index contributed by atoms with van der Waals surface area (Å²) >= 11 is 10.8. The third kappa shape index (κ3) is 2.10. The molecular formula is C8H7BrClN3S. The summed E-state index contributed by atoms with van der Waals surface area (Å²) in [4.78, 5) is 1.20. The zero-order chi connectivity index (χ0) is 10.1. The molecule has 14 heavy (non-hydrogen) atoms. The highest BCUT2D eigenvalue weighted by Crippen LogP contribution is 2.22. The van der Waals surface area contributed by atoms with Crippen molar-refractivity contribution >= 4 is 44.7 Å². The monoisotopic (exact) mass is 291 g/mol. The Morgan fingerprint density at radius 2 is 2.43 bits per heavy atom. The lowest BCUT2D eigenvalue weighted by Crippen LogP contribution is -1.99. The van der Waals surface area contributed by atoms with Crippen LogP contribution < -0.4 is 5.73 Å². The Morgan fingerprint density at radius 1 is 1.64 bits per heavy atom. The van der Waals surface area contributed by atoms with Crippen molar-refractivity contribution in [2.75, 3.05) is 5.73 Å². The van der Waals surface area contributed by atoms with Gasteiger partial charge < -0.3 is 5.73 Å². The van der Waals surface area contributed by atoms with E-state index in [9.17, 15) is 0 Å². The van der Waals surface area contributed by atoms with E-state index in [0.717, 1.165) is 4.47 Å². The molecule has 0 bridgehead atoms. The van der Waals surface area contributed by atoms with Crippen LogP contribution in [0.15, 0.2) is 22.1 Å². The first-order valence-electron chi connectivity index (χ1n) is 3.86. The maximum absolute atomic E-state index is 5.79. The van der Waals surface area contributed by atoms with Crippen LogP contribution in [0.4, 0.5) is 5.82 Å². The summed E-state index contributed by atoms with van der Waals surface area (Å²) in [6, 6.07) is 2.05. The third-order valence-corrected chi connectivity index (χ3v) is 3.66. The number of anilines is 1. The number of aromatic nitrogens is 2. The molecule has 0 radical (unpaired) electrons. The Labute approximate surface area is 98.6 Å². The summed E-state index contributed by atoms with van der Waals surface area (Å²) in [5, 5.41) is 6.60. The SMILES string of the molecule is Nc1nn(Cc2cc(Br)cs2)cc1Cl. The van der Waals surface area contributed by atoms with Crippen molar-refractivity contribution in [2.45, 2.75) is 6.54 Å². The van der Waals surface area contributed by atoms with E-state index in [2.05, 4.69) is 27.1 Å². The molecule has 3 nitrogen and oxygen atoms in total. The van der Waals surface area contributed by atoms with Gasteiger partial charge in [-0.3, -0.25) is 4.68 Å². The van der Waals surface area contributed by atoms with Gasteiger partial charge in [0, 0.05) is 20.9 Å². The normalized spacial score (nSPS) is 10.7. The van der Waals surface area contributed by atoms with Crippen molar-refractivity contribution < 1.29 is 0 Å². The topological polar surface area (TPSA) is 43.8 Å². The van der Waals surface area contributed by atoms with E-state index < -0.39 is 0 Å². The molecule has 0 atom stereocenters. The van der Waals surface area contributed by atoms with Gasteiger partial charge in [-0.25, -0.2) is 0 Å². The average Bonchev–Trinajstić information content (AvgIpc) is 2.62. The summed E-state index contributed by atoms with van der Waals surface area (Å²) in [6.07, 6.45) is 1.73. The molecule has 0 unspecified atom stereocenters. The van der Waals surface area contributed by atoms with Crippen LogP contribution in [-0.2, 0) is 6.54 Å². The second-order valence-corrected chi connectivity index (χ2v) is 5.11. The van der Waals surface area contributed by atoms with Gasteiger partial charge in [-0.2, -0.15) is 5.10 Å². The van der Waals surface area contributed by atoms with Crippen LogP contribution in [0.1, 0.15) is 4.88 Å². The Bertz CT molecular complexity index is 432. The first kappa shape index (κ1) is 10.0. The highest BCUT2D eigenvalue weighted by atomic mass is 79.9. The molecule has 0 spiro atoms. The minimum Gasteiger partial charge on any atom is -0.381 e. The number of nitrogen functional groups attached to an aromatic ring is 1. The van der Waals surface area contributed by atoms with Crippen molar-refractivity contribution in [1.29, 1.82) is 0 Å². The first-order chi connectivity index (χ1) is 6.65. The number of hydrogen-bond acceptors (Lipinski definition) is 3. The predicted molar refractivity (Wildman–Crippen MR) is 62.8 cm³/mol. The van der Waals surface area contributed by atoms with Gasteiger partial charge in [0.15, 0.2) is 5.82 Å². The lowest BCUT2D eigenvalue weighted by Gasteiger charge is -1.96. The quantitative estimate of drug-likeness (QED) is 0.925. The minimum atomic E-state index is 0.377. The highest BCUT2D eigenvalue weighted by molar-refractivity contribution is 9.10. The van der Waals surface area contributed by atoms with Crippen molar-refractivity contribution in [2.24, 2.45) is 0 Å². The summed E-state index contributed by atoms with van der Waals surface area (Å²) in [5.41, 5.74) is 5.53. The second-order valence-electron chi connectivity index (χ2n) is 2.79. The van der Waals surface area contributed by atoms with Crippen LogP contribution in [0.2, 0.25) is 5.02 Å². The van der Waals surface area contributed by atoms with E-state index in [1.165, 1.54) is 4.88 Å². The van der Waals surface area contributed by atoms with Crippen LogP contribution in [0.3, 0.4) is 0 Å². The zero-order valence-electron chi connectivity index (χ0n) is 7.08. The van der Waals surface area contributed by atoms with E-state index in [4.69, 9.17) is 17.3 Å². The molecule has 0 saturated heterocycles. The Kier molecular flexibility index (Phi) is 2.80. The van der Waals surface area contributed by atoms with Crippen LogP contribution in [0, 0.1) is 0 Å². The van der Waals surface area contributed by atoms with Crippen LogP contribution >= 0.6 is 38.9 Å². The molecule has 0 amide bonds. The van der Waals surface area contributed by atoms with Crippen molar-refractivity contribution in [3.05, 3.63) is 32.0 Å². The molecule has 0 aliphatic rings. The third-order valence-electron chi connectivity index (χ3n) is 1.68. The molecule has 0 fully saturated rings. The highest BCUT2D eigenvalue weighted by Gasteiger charge is 2.04. The minimum absolute atomic E-state index is 0.377. The van der Waals surface area contributed by atoms with Gasteiger partial charge in [-0.05, 0) is 22.0 Å². The van der Waals surface area contributed by atoms with E-state index in [-0.39, 0.29) is 0 Å². The predicted octanol–water partition coefficient (Wildman–Crippen LogP) is 2.99.